The summed E-state index contributed by atoms with van der Waals surface area (Å²) in [6, 6.07) is 4.51. The van der Waals surface area contributed by atoms with Crippen molar-refractivity contribution in [2.24, 2.45) is 0 Å². The molecule has 1 unspecified atom stereocenters. The maximum Gasteiger partial charge on any atom is 0.240 e. The van der Waals surface area contributed by atoms with Crippen molar-refractivity contribution in [3.63, 3.8) is 0 Å². The van der Waals surface area contributed by atoms with E-state index in [-0.39, 0.29) is 17.5 Å². The lowest BCUT2D eigenvalue weighted by atomic mass is 10.1. The highest BCUT2D eigenvalue weighted by atomic mass is 32.2. The van der Waals surface area contributed by atoms with Crippen molar-refractivity contribution < 1.29 is 18.3 Å². The number of ether oxygens (including phenoxy) is 1. The Balaban J connectivity index is 2.97. The van der Waals surface area contributed by atoms with Crippen molar-refractivity contribution in [2.45, 2.75) is 44.2 Å². The predicted molar refractivity (Wildman–Crippen MR) is 78.0 cm³/mol. The Hall–Kier alpha value is -0.950. The van der Waals surface area contributed by atoms with Crippen LogP contribution in [0.5, 0.6) is 0 Å². The highest BCUT2D eigenvalue weighted by Gasteiger charge is 2.20. The Kier molecular flexibility index (Phi) is 6.61. The highest BCUT2D eigenvalue weighted by molar-refractivity contribution is 7.89. The molecule has 2 N–H and O–H groups in total. The van der Waals surface area contributed by atoms with Crippen LogP contribution in [0, 0.1) is 6.92 Å². The molecule has 1 aromatic rings. The van der Waals surface area contributed by atoms with Gasteiger partial charge in [0.1, 0.15) is 0 Å². The van der Waals surface area contributed by atoms with E-state index in [0.717, 1.165) is 12.0 Å². The smallest absolute Gasteiger partial charge is 0.240 e. The van der Waals surface area contributed by atoms with Gasteiger partial charge in [-0.2, -0.15) is 0 Å². The van der Waals surface area contributed by atoms with E-state index in [9.17, 15) is 13.5 Å². The van der Waals surface area contributed by atoms with E-state index < -0.39 is 10.0 Å². The summed E-state index contributed by atoms with van der Waals surface area (Å²) in [5, 5.41) is 9.22. The molecule has 0 aliphatic heterocycles. The monoisotopic (exact) mass is 301 g/mol. The number of aliphatic hydroxyl groups excluding tert-OH is 1. The molecule has 0 fully saturated rings. The van der Waals surface area contributed by atoms with Gasteiger partial charge < -0.3 is 9.84 Å². The Bertz CT molecular complexity index is 522. The van der Waals surface area contributed by atoms with Crippen molar-refractivity contribution in [1.82, 2.24) is 4.72 Å². The minimum Gasteiger partial charge on any atom is -0.392 e. The van der Waals surface area contributed by atoms with Gasteiger partial charge in [-0.25, -0.2) is 13.1 Å². The molecule has 0 amide bonds. The second kappa shape index (κ2) is 7.73. The highest BCUT2D eigenvalue weighted by Crippen LogP contribution is 2.16. The van der Waals surface area contributed by atoms with E-state index in [1.807, 2.05) is 13.8 Å². The second-order valence-corrected chi connectivity index (χ2v) is 6.52. The molecule has 20 heavy (non-hydrogen) atoms. The van der Waals surface area contributed by atoms with Crippen LogP contribution in [-0.4, -0.2) is 33.3 Å². The number of methoxy groups -OCH3 is 1. The van der Waals surface area contributed by atoms with Gasteiger partial charge >= 0.3 is 0 Å². The van der Waals surface area contributed by atoms with E-state index in [1.54, 1.807) is 19.2 Å². The third-order valence-electron chi connectivity index (χ3n) is 3.13. The lowest BCUT2D eigenvalue weighted by molar-refractivity contribution is 0.171. The van der Waals surface area contributed by atoms with Crippen LogP contribution in [0.1, 0.15) is 30.9 Å². The molecule has 5 nitrogen and oxygen atoms in total. The van der Waals surface area contributed by atoms with Crippen LogP contribution in [0.2, 0.25) is 0 Å². The summed E-state index contributed by atoms with van der Waals surface area (Å²) in [7, 11) is -2.05. The number of rotatable bonds is 8. The summed E-state index contributed by atoms with van der Waals surface area (Å²) in [5.74, 6) is 0. The molecule has 0 aliphatic carbocycles. The Morgan fingerprint density at radius 1 is 1.40 bits per heavy atom. The number of benzene rings is 1. The maximum absolute atomic E-state index is 12.3. The molecule has 1 rings (SSSR count). The number of hydrogen-bond donors (Lipinski definition) is 2. The maximum atomic E-state index is 12.3. The lowest BCUT2D eigenvalue weighted by Gasteiger charge is -2.17. The van der Waals surface area contributed by atoms with E-state index in [2.05, 4.69) is 4.72 Å². The van der Waals surface area contributed by atoms with Gasteiger partial charge in [-0.15, -0.1) is 0 Å². The van der Waals surface area contributed by atoms with Crippen LogP contribution >= 0.6 is 0 Å². The minimum atomic E-state index is -3.59. The number of aliphatic hydroxyl groups is 1. The van der Waals surface area contributed by atoms with Crippen LogP contribution in [-0.2, 0) is 21.4 Å². The molecule has 6 heteroatoms. The zero-order valence-corrected chi connectivity index (χ0v) is 13.0. The molecular weight excluding hydrogens is 278 g/mol. The van der Waals surface area contributed by atoms with Crippen molar-refractivity contribution in [1.29, 1.82) is 0 Å². The molecule has 0 bridgehead atoms. The first kappa shape index (κ1) is 17.1. The second-order valence-electron chi connectivity index (χ2n) is 4.81. The fourth-order valence-electron chi connectivity index (χ4n) is 2.00. The first-order chi connectivity index (χ1) is 9.44. The third-order valence-corrected chi connectivity index (χ3v) is 4.65. The van der Waals surface area contributed by atoms with E-state index in [1.165, 1.54) is 6.07 Å². The zero-order chi connectivity index (χ0) is 15.2. The van der Waals surface area contributed by atoms with Gasteiger partial charge in [0.25, 0.3) is 0 Å². The SMILES string of the molecule is CCCC(COC)NS(=O)(=O)c1ccc(C)c(CO)c1. The average molecular weight is 301 g/mol. The predicted octanol–water partition coefficient (Wildman–Crippen LogP) is 1.58. The molecule has 0 saturated carbocycles. The number of aryl methyl sites for hydroxylation is 1. The molecule has 0 aliphatic rings. The molecule has 1 atom stereocenters. The van der Waals surface area contributed by atoms with Gasteiger partial charge in [0.2, 0.25) is 10.0 Å². The fraction of sp³-hybridized carbons (Fsp3) is 0.571. The summed E-state index contributed by atoms with van der Waals surface area (Å²) < 4.78 is 32.3. The number of hydrogen-bond acceptors (Lipinski definition) is 4. The van der Waals surface area contributed by atoms with Crippen LogP contribution in [0.4, 0.5) is 0 Å². The third kappa shape index (κ3) is 4.56. The minimum absolute atomic E-state index is 0.171. The van der Waals surface area contributed by atoms with Crippen molar-refractivity contribution in [3.05, 3.63) is 29.3 Å². The Labute approximate surface area is 121 Å². The standard InChI is InChI=1S/C14H23NO4S/c1-4-5-13(10-19-3)15-20(17,18)14-7-6-11(2)12(8-14)9-16/h6-8,13,15-16H,4-5,9-10H2,1-3H3. The van der Waals surface area contributed by atoms with Crippen molar-refractivity contribution >= 4 is 10.0 Å². The summed E-state index contributed by atoms with van der Waals surface area (Å²) in [6.45, 7) is 3.99. The Morgan fingerprint density at radius 3 is 2.65 bits per heavy atom. The summed E-state index contributed by atoms with van der Waals surface area (Å²) in [6.07, 6.45) is 1.58. The Morgan fingerprint density at radius 2 is 2.10 bits per heavy atom. The van der Waals surface area contributed by atoms with Gasteiger partial charge in [0.15, 0.2) is 0 Å². The van der Waals surface area contributed by atoms with Gasteiger partial charge in [0, 0.05) is 13.2 Å². The zero-order valence-electron chi connectivity index (χ0n) is 12.2. The molecule has 0 heterocycles. The number of nitrogens with one attached hydrogen (secondary N) is 1. The quantitative estimate of drug-likeness (QED) is 0.764. The summed E-state index contributed by atoms with van der Waals surface area (Å²) in [4.78, 5) is 0.171. The van der Waals surface area contributed by atoms with Crippen molar-refractivity contribution in [3.8, 4) is 0 Å². The van der Waals surface area contributed by atoms with Crippen molar-refractivity contribution in [2.75, 3.05) is 13.7 Å². The molecule has 0 aromatic heterocycles. The van der Waals surface area contributed by atoms with Crippen LogP contribution in [0.15, 0.2) is 23.1 Å². The first-order valence-electron chi connectivity index (χ1n) is 6.66. The normalized spacial score (nSPS) is 13.4. The number of sulfonamides is 1. The molecule has 114 valence electrons. The molecule has 0 radical (unpaired) electrons. The van der Waals surface area contributed by atoms with Gasteiger partial charge in [-0.1, -0.05) is 19.4 Å². The van der Waals surface area contributed by atoms with Gasteiger partial charge in [-0.3, -0.25) is 0 Å². The largest absolute Gasteiger partial charge is 0.392 e. The van der Waals surface area contributed by atoms with Crippen LogP contribution in [0.3, 0.4) is 0 Å². The summed E-state index contributed by atoms with van der Waals surface area (Å²) in [5.41, 5.74) is 1.49. The fourth-order valence-corrected chi connectivity index (χ4v) is 3.30. The van der Waals surface area contributed by atoms with E-state index in [0.29, 0.717) is 18.6 Å². The van der Waals surface area contributed by atoms with Gasteiger partial charge in [0.05, 0.1) is 18.1 Å². The molecule has 0 spiro atoms. The average Bonchev–Trinajstić information content (AvgIpc) is 2.39. The topological polar surface area (TPSA) is 75.6 Å². The van der Waals surface area contributed by atoms with E-state index in [4.69, 9.17) is 4.74 Å². The molecular formula is C14H23NO4S. The lowest BCUT2D eigenvalue weighted by Crippen LogP contribution is -2.37. The van der Waals surface area contributed by atoms with Crippen LogP contribution < -0.4 is 4.72 Å². The molecule has 1 aromatic carbocycles. The molecule has 0 saturated heterocycles. The van der Waals surface area contributed by atoms with Crippen LogP contribution in [0.25, 0.3) is 0 Å². The van der Waals surface area contributed by atoms with Gasteiger partial charge in [-0.05, 0) is 36.6 Å². The van der Waals surface area contributed by atoms with E-state index >= 15 is 0 Å². The summed E-state index contributed by atoms with van der Waals surface area (Å²) >= 11 is 0. The first-order valence-corrected chi connectivity index (χ1v) is 8.14.